The lowest BCUT2D eigenvalue weighted by Crippen LogP contribution is -2.11. The van der Waals surface area contributed by atoms with Gasteiger partial charge in [-0.05, 0) is 47.5 Å². The average molecular weight is 445 g/mol. The van der Waals surface area contributed by atoms with Crippen molar-refractivity contribution in [3.8, 4) is 23.0 Å². The summed E-state index contributed by atoms with van der Waals surface area (Å²) < 4.78 is 21.6. The molecule has 0 saturated carbocycles. The second-order valence-corrected chi connectivity index (χ2v) is 7.55. The van der Waals surface area contributed by atoms with E-state index in [1.54, 1.807) is 48.8 Å². The summed E-state index contributed by atoms with van der Waals surface area (Å²) in [5.74, 6) is 0.00734. The van der Waals surface area contributed by atoms with Crippen molar-refractivity contribution < 1.29 is 33.6 Å². The van der Waals surface area contributed by atoms with Crippen LogP contribution in [0.3, 0.4) is 0 Å². The van der Waals surface area contributed by atoms with E-state index in [1.807, 2.05) is 0 Å². The summed E-state index contributed by atoms with van der Waals surface area (Å²) in [4.78, 5) is 29.4. The molecule has 0 spiro atoms. The number of ether oxygens (including phenoxy) is 4. The molecule has 8 heteroatoms. The number of carbonyl (C=O) groups is 2. The highest BCUT2D eigenvalue weighted by Crippen LogP contribution is 2.46. The second-order valence-electron chi connectivity index (χ2n) is 7.55. The Morgan fingerprint density at radius 1 is 1.21 bits per heavy atom. The lowest BCUT2D eigenvalue weighted by atomic mass is 9.87. The minimum atomic E-state index is -0.626. The number of allylic oxidation sites excluding steroid dienone is 1. The molecule has 5 rings (SSSR count). The number of hydrogen-bond donors (Lipinski definition) is 1. The van der Waals surface area contributed by atoms with Gasteiger partial charge in [0.15, 0.2) is 17.3 Å². The number of hydrogen-bond acceptors (Lipinski definition) is 8. The number of pyridine rings is 1. The van der Waals surface area contributed by atoms with Crippen molar-refractivity contribution >= 4 is 17.8 Å². The van der Waals surface area contributed by atoms with Crippen LogP contribution < -0.4 is 14.2 Å². The number of aromatic nitrogens is 1. The fourth-order valence-corrected chi connectivity index (χ4v) is 3.97. The molecule has 2 aromatic carbocycles. The number of rotatable bonds is 5. The van der Waals surface area contributed by atoms with E-state index in [0.29, 0.717) is 33.8 Å². The number of benzene rings is 2. The number of fused-ring (bicyclic) bond motifs is 2. The molecule has 0 aliphatic carbocycles. The molecule has 3 heterocycles. The highest BCUT2D eigenvalue weighted by molar-refractivity contribution is 6.15. The Kier molecular flexibility index (Phi) is 5.18. The first-order valence-electron chi connectivity index (χ1n) is 10.2. The smallest absolute Gasteiger partial charge is 0.306 e. The summed E-state index contributed by atoms with van der Waals surface area (Å²) in [5.41, 5.74) is 2.00. The van der Waals surface area contributed by atoms with E-state index in [2.05, 4.69) is 4.98 Å². The average Bonchev–Trinajstić information content (AvgIpc) is 3.42. The van der Waals surface area contributed by atoms with Gasteiger partial charge in [0.2, 0.25) is 12.6 Å². The Bertz CT molecular complexity index is 1280. The SMILES string of the molecule is COC(=O)C[C@@H](c1cccnc1)c1c(O)ccc2c1O/C(=C\c1ccc3c(c1)OCO3)C2=O. The summed E-state index contributed by atoms with van der Waals surface area (Å²) in [7, 11) is 1.30. The van der Waals surface area contributed by atoms with Gasteiger partial charge in [0.1, 0.15) is 11.5 Å². The second kappa shape index (κ2) is 8.31. The summed E-state index contributed by atoms with van der Waals surface area (Å²) in [6.07, 6.45) is 4.75. The van der Waals surface area contributed by atoms with Crippen LogP contribution in [0.25, 0.3) is 6.08 Å². The van der Waals surface area contributed by atoms with Crippen LogP contribution in [0.4, 0.5) is 0 Å². The van der Waals surface area contributed by atoms with E-state index in [0.717, 1.165) is 0 Å². The first kappa shape index (κ1) is 20.6. The molecule has 0 bridgehead atoms. The third kappa shape index (κ3) is 3.76. The molecule has 1 N–H and O–H groups in total. The van der Waals surface area contributed by atoms with Crippen LogP contribution in [0, 0.1) is 0 Å². The molecule has 0 fully saturated rings. The van der Waals surface area contributed by atoms with Crippen molar-refractivity contribution in [2.24, 2.45) is 0 Å². The zero-order valence-corrected chi connectivity index (χ0v) is 17.6. The number of nitrogens with zero attached hydrogens (tertiary/aromatic N) is 1. The molecule has 1 atom stereocenters. The van der Waals surface area contributed by atoms with Gasteiger partial charge in [-0.2, -0.15) is 0 Å². The van der Waals surface area contributed by atoms with E-state index in [4.69, 9.17) is 18.9 Å². The standard InChI is InChI=1S/C25H19NO7/c1-30-22(28)11-17(15-3-2-8-26-12-15)23-18(27)6-5-16-24(29)21(33-25(16)23)10-14-4-7-19-20(9-14)32-13-31-19/h2-10,12,17,27H,11,13H2,1H3/b21-10-/t17-/m0/s1. The number of esters is 1. The van der Waals surface area contributed by atoms with Crippen molar-refractivity contribution in [2.45, 2.75) is 12.3 Å². The first-order valence-corrected chi connectivity index (χ1v) is 10.2. The van der Waals surface area contributed by atoms with Gasteiger partial charge in [0.05, 0.1) is 19.1 Å². The van der Waals surface area contributed by atoms with Gasteiger partial charge in [-0.15, -0.1) is 0 Å². The molecular formula is C25H19NO7. The van der Waals surface area contributed by atoms with E-state index in [-0.39, 0.29) is 36.3 Å². The van der Waals surface area contributed by atoms with Crippen LogP contribution in [0.1, 0.15) is 39.4 Å². The fraction of sp³-hybridized carbons (Fsp3) is 0.160. The van der Waals surface area contributed by atoms with Crippen LogP contribution in [0.15, 0.2) is 60.6 Å². The van der Waals surface area contributed by atoms with Crippen LogP contribution >= 0.6 is 0 Å². The minimum absolute atomic E-state index is 0.0645. The molecule has 3 aromatic rings. The molecule has 8 nitrogen and oxygen atoms in total. The summed E-state index contributed by atoms with van der Waals surface area (Å²) in [6, 6.07) is 11.8. The summed E-state index contributed by atoms with van der Waals surface area (Å²) in [5, 5.41) is 10.7. The van der Waals surface area contributed by atoms with Gasteiger partial charge in [-0.3, -0.25) is 14.6 Å². The maximum atomic E-state index is 13.1. The molecule has 0 saturated heterocycles. The minimum Gasteiger partial charge on any atom is -0.508 e. The number of ketones is 1. The van der Waals surface area contributed by atoms with Crippen molar-refractivity contribution in [2.75, 3.05) is 13.9 Å². The number of carbonyl (C=O) groups excluding carboxylic acids is 2. The van der Waals surface area contributed by atoms with E-state index < -0.39 is 11.9 Å². The molecule has 2 aliphatic rings. The van der Waals surface area contributed by atoms with Gasteiger partial charge in [-0.25, -0.2) is 0 Å². The molecule has 33 heavy (non-hydrogen) atoms. The number of Topliss-reactive ketones (excluding diaryl/α,β-unsaturated/α-hetero) is 1. The molecule has 1 aromatic heterocycles. The first-order chi connectivity index (χ1) is 16.0. The van der Waals surface area contributed by atoms with Crippen molar-refractivity contribution in [3.05, 3.63) is 82.9 Å². The van der Waals surface area contributed by atoms with Crippen LogP contribution in [0.2, 0.25) is 0 Å². The van der Waals surface area contributed by atoms with Gasteiger partial charge in [-0.1, -0.05) is 12.1 Å². The number of methoxy groups -OCH3 is 1. The number of phenolic OH excluding ortho intramolecular Hbond substituents is 1. The normalized spacial score (nSPS) is 15.8. The van der Waals surface area contributed by atoms with Gasteiger partial charge < -0.3 is 24.1 Å². The van der Waals surface area contributed by atoms with E-state index in [9.17, 15) is 14.7 Å². The Hall–Kier alpha value is -4.33. The summed E-state index contributed by atoms with van der Waals surface area (Å²) in [6.45, 7) is 0.148. The molecule has 2 aliphatic heterocycles. The summed E-state index contributed by atoms with van der Waals surface area (Å²) >= 11 is 0. The maximum absolute atomic E-state index is 13.1. The Balaban J connectivity index is 1.57. The molecule has 0 amide bonds. The monoisotopic (exact) mass is 445 g/mol. The van der Waals surface area contributed by atoms with Gasteiger partial charge >= 0.3 is 5.97 Å². The maximum Gasteiger partial charge on any atom is 0.306 e. The highest BCUT2D eigenvalue weighted by atomic mass is 16.7. The van der Waals surface area contributed by atoms with E-state index >= 15 is 0 Å². The van der Waals surface area contributed by atoms with Crippen molar-refractivity contribution in [1.29, 1.82) is 0 Å². The third-order valence-corrected chi connectivity index (χ3v) is 5.58. The third-order valence-electron chi connectivity index (χ3n) is 5.58. The predicted molar refractivity (Wildman–Crippen MR) is 116 cm³/mol. The lowest BCUT2D eigenvalue weighted by Gasteiger charge is -2.20. The number of aromatic hydroxyl groups is 1. The predicted octanol–water partition coefficient (Wildman–Crippen LogP) is 3.83. The van der Waals surface area contributed by atoms with Gasteiger partial charge in [0, 0.05) is 23.9 Å². The fourth-order valence-electron chi connectivity index (χ4n) is 3.97. The molecular weight excluding hydrogens is 426 g/mol. The van der Waals surface area contributed by atoms with Crippen molar-refractivity contribution in [1.82, 2.24) is 4.98 Å². The Morgan fingerprint density at radius 3 is 2.85 bits per heavy atom. The Labute approximate surface area is 189 Å². The Morgan fingerprint density at radius 2 is 2.06 bits per heavy atom. The zero-order valence-electron chi connectivity index (χ0n) is 17.6. The zero-order chi connectivity index (χ0) is 22.9. The quantitative estimate of drug-likeness (QED) is 0.467. The van der Waals surface area contributed by atoms with Gasteiger partial charge in [0.25, 0.3) is 0 Å². The molecule has 0 radical (unpaired) electrons. The van der Waals surface area contributed by atoms with Crippen molar-refractivity contribution in [3.63, 3.8) is 0 Å². The van der Waals surface area contributed by atoms with Crippen LogP contribution in [-0.4, -0.2) is 35.7 Å². The lowest BCUT2D eigenvalue weighted by molar-refractivity contribution is -0.140. The molecule has 166 valence electrons. The van der Waals surface area contributed by atoms with E-state index in [1.165, 1.54) is 19.2 Å². The molecule has 0 unspecified atom stereocenters. The number of phenols is 1. The van der Waals surface area contributed by atoms with Crippen LogP contribution in [0.5, 0.6) is 23.0 Å². The highest BCUT2D eigenvalue weighted by Gasteiger charge is 2.35. The van der Waals surface area contributed by atoms with Crippen LogP contribution in [-0.2, 0) is 9.53 Å². The topological polar surface area (TPSA) is 104 Å². The largest absolute Gasteiger partial charge is 0.508 e.